The van der Waals surface area contributed by atoms with Gasteiger partial charge in [0, 0.05) is 11.4 Å². The number of rotatable bonds is 9. The molecule has 1 aromatic carbocycles. The van der Waals surface area contributed by atoms with Crippen molar-refractivity contribution in [3.63, 3.8) is 0 Å². The molecule has 0 spiro atoms. The van der Waals surface area contributed by atoms with E-state index in [1.54, 1.807) is 23.5 Å². The number of aryl methyl sites for hydroxylation is 1. The van der Waals surface area contributed by atoms with E-state index in [0.717, 1.165) is 33.7 Å². The Bertz CT molecular complexity index is 1080. The monoisotopic (exact) mass is 447 g/mol. The Kier molecular flexibility index (Phi) is 7.66. The molecule has 1 amide bonds. The number of halogens is 1. The van der Waals surface area contributed by atoms with Crippen LogP contribution in [0.5, 0.6) is 0 Å². The number of hydrogen-bond acceptors (Lipinski definition) is 5. The summed E-state index contributed by atoms with van der Waals surface area (Å²) in [5.74, 6) is 1.39. The topological polar surface area (TPSA) is 74.8 Å². The predicted octanol–water partition coefficient (Wildman–Crippen LogP) is 4.57. The van der Waals surface area contributed by atoms with E-state index in [0.29, 0.717) is 29.4 Å². The molecule has 0 aliphatic carbocycles. The van der Waals surface area contributed by atoms with E-state index < -0.39 is 0 Å². The van der Waals surface area contributed by atoms with Crippen LogP contribution in [0.1, 0.15) is 42.1 Å². The minimum atomic E-state index is -0.299. The highest BCUT2D eigenvalue weighted by Crippen LogP contribution is 2.29. The molecule has 2 heterocycles. The summed E-state index contributed by atoms with van der Waals surface area (Å²) in [4.78, 5) is 34.1. The van der Waals surface area contributed by atoms with Gasteiger partial charge in [-0.3, -0.25) is 9.59 Å². The summed E-state index contributed by atoms with van der Waals surface area (Å²) in [5, 5.41) is 3.52. The van der Waals surface area contributed by atoms with Gasteiger partial charge in [-0.15, -0.1) is 23.1 Å². The van der Waals surface area contributed by atoms with Crippen molar-refractivity contribution >= 4 is 39.2 Å². The van der Waals surface area contributed by atoms with E-state index >= 15 is 0 Å². The second-order valence-corrected chi connectivity index (χ2v) is 9.63. The van der Waals surface area contributed by atoms with E-state index in [9.17, 15) is 14.0 Å². The van der Waals surface area contributed by atoms with Crippen molar-refractivity contribution < 1.29 is 9.18 Å². The van der Waals surface area contributed by atoms with Crippen LogP contribution in [0.3, 0.4) is 0 Å². The number of fused-ring (bicyclic) bond motifs is 1. The number of H-pyrrole nitrogens is 1. The number of thiophene rings is 1. The fourth-order valence-corrected chi connectivity index (χ4v) is 4.91. The molecule has 0 bridgehead atoms. The predicted molar refractivity (Wildman–Crippen MR) is 123 cm³/mol. The Labute approximate surface area is 183 Å². The largest absolute Gasteiger partial charge is 0.351 e. The third-order valence-electron chi connectivity index (χ3n) is 5.04. The first-order chi connectivity index (χ1) is 14.4. The van der Waals surface area contributed by atoms with E-state index in [4.69, 9.17) is 0 Å². The Morgan fingerprint density at radius 3 is 2.77 bits per heavy atom. The van der Waals surface area contributed by atoms with Crippen molar-refractivity contribution in [2.75, 3.05) is 5.75 Å². The highest BCUT2D eigenvalue weighted by molar-refractivity contribution is 7.99. The minimum absolute atomic E-state index is 0.0981. The molecule has 0 saturated heterocycles. The summed E-state index contributed by atoms with van der Waals surface area (Å²) in [6.07, 6.45) is 1.95. The molecule has 0 aliphatic heterocycles. The molecule has 1 atom stereocenters. The summed E-state index contributed by atoms with van der Waals surface area (Å²) >= 11 is 2.95. The van der Waals surface area contributed by atoms with E-state index in [-0.39, 0.29) is 23.0 Å². The molecule has 0 aliphatic rings. The number of nitrogens with zero attached hydrogens (tertiary/aromatic N) is 1. The molecule has 2 N–H and O–H groups in total. The lowest BCUT2D eigenvalue weighted by Gasteiger charge is -2.08. The van der Waals surface area contributed by atoms with Crippen molar-refractivity contribution in [1.29, 1.82) is 0 Å². The highest BCUT2D eigenvalue weighted by atomic mass is 32.2. The molecule has 160 valence electrons. The third-order valence-corrected chi connectivity index (χ3v) is 7.02. The molecule has 3 aromatic rings. The average molecular weight is 448 g/mol. The van der Waals surface area contributed by atoms with Crippen LogP contribution in [0, 0.1) is 18.7 Å². The van der Waals surface area contributed by atoms with Gasteiger partial charge in [-0.05, 0) is 42.5 Å². The van der Waals surface area contributed by atoms with Crippen molar-refractivity contribution in [2.24, 2.45) is 5.92 Å². The minimum Gasteiger partial charge on any atom is -0.351 e. The first kappa shape index (κ1) is 22.5. The second-order valence-electron chi connectivity index (χ2n) is 7.44. The molecule has 0 radical (unpaired) electrons. The maximum Gasteiger partial charge on any atom is 0.259 e. The average Bonchev–Trinajstić information content (AvgIpc) is 3.03. The fourth-order valence-electron chi connectivity index (χ4n) is 3.12. The first-order valence-electron chi connectivity index (χ1n) is 9.97. The van der Waals surface area contributed by atoms with E-state index in [2.05, 4.69) is 29.1 Å². The zero-order valence-corrected chi connectivity index (χ0v) is 19.0. The molecule has 0 saturated carbocycles. The van der Waals surface area contributed by atoms with Gasteiger partial charge < -0.3 is 10.3 Å². The molecule has 0 unspecified atom stereocenters. The van der Waals surface area contributed by atoms with Crippen LogP contribution < -0.4 is 10.9 Å². The summed E-state index contributed by atoms with van der Waals surface area (Å²) in [7, 11) is 0. The molecular formula is C22H26FN3O2S2. The second kappa shape index (κ2) is 10.2. The maximum atomic E-state index is 12.9. The molecule has 8 heteroatoms. The van der Waals surface area contributed by atoms with Gasteiger partial charge in [0.2, 0.25) is 5.91 Å². The van der Waals surface area contributed by atoms with E-state index in [1.165, 1.54) is 23.9 Å². The van der Waals surface area contributed by atoms with Crippen LogP contribution in [-0.4, -0.2) is 21.6 Å². The highest BCUT2D eigenvalue weighted by Gasteiger charge is 2.17. The molecular weight excluding hydrogens is 421 g/mol. The van der Waals surface area contributed by atoms with Gasteiger partial charge in [0.05, 0.1) is 16.9 Å². The number of aromatic nitrogens is 2. The van der Waals surface area contributed by atoms with Gasteiger partial charge in [0.15, 0.2) is 0 Å². The number of thioether (sulfide) groups is 1. The van der Waals surface area contributed by atoms with Gasteiger partial charge in [-0.1, -0.05) is 32.4 Å². The number of carbonyl (C=O) groups excluding carboxylic acids is 1. The van der Waals surface area contributed by atoms with Crippen molar-refractivity contribution in [2.45, 2.75) is 45.9 Å². The van der Waals surface area contributed by atoms with Crippen LogP contribution in [0.2, 0.25) is 0 Å². The number of hydrogen-bond donors (Lipinski definition) is 2. The third kappa shape index (κ3) is 5.70. The summed E-state index contributed by atoms with van der Waals surface area (Å²) in [6.45, 7) is 6.75. The summed E-state index contributed by atoms with van der Waals surface area (Å²) in [6, 6.07) is 6.03. The van der Waals surface area contributed by atoms with Gasteiger partial charge >= 0.3 is 0 Å². The van der Waals surface area contributed by atoms with Gasteiger partial charge in [0.25, 0.3) is 5.56 Å². The maximum absolute atomic E-state index is 12.9. The number of aromatic amines is 1. The normalized spacial score (nSPS) is 12.3. The Balaban J connectivity index is 1.57. The van der Waals surface area contributed by atoms with Crippen LogP contribution in [-0.2, 0) is 23.5 Å². The Hall–Kier alpha value is -2.19. The van der Waals surface area contributed by atoms with Gasteiger partial charge in [-0.25, -0.2) is 9.37 Å². The Morgan fingerprint density at radius 2 is 2.07 bits per heavy atom. The summed E-state index contributed by atoms with van der Waals surface area (Å²) < 4.78 is 12.9. The number of benzene rings is 1. The SMILES string of the molecule is CC[C@@H](C)Cc1c(C)sc2nc(CSCC(=O)NCc3ccc(F)cc3)[nH]c(=O)c12. The van der Waals surface area contributed by atoms with Crippen molar-refractivity contribution in [3.05, 3.63) is 62.3 Å². The quantitative estimate of drug-likeness (QED) is 0.504. The first-order valence-corrected chi connectivity index (χ1v) is 11.9. The Morgan fingerprint density at radius 1 is 1.33 bits per heavy atom. The fraction of sp³-hybridized carbons (Fsp3) is 0.409. The van der Waals surface area contributed by atoms with E-state index in [1.807, 2.05) is 6.92 Å². The van der Waals surface area contributed by atoms with Crippen LogP contribution in [0.25, 0.3) is 10.2 Å². The van der Waals surface area contributed by atoms with Crippen molar-refractivity contribution in [1.82, 2.24) is 15.3 Å². The standard InChI is InChI=1S/C22H26FN3O2S2/c1-4-13(2)9-17-14(3)30-22-20(17)21(28)25-18(26-22)11-29-12-19(27)24-10-15-5-7-16(23)8-6-15/h5-8,13H,4,9-12H2,1-3H3,(H,24,27)(H,25,26,28)/t13-/m1/s1. The number of amides is 1. The zero-order valence-electron chi connectivity index (χ0n) is 17.4. The lowest BCUT2D eigenvalue weighted by molar-refractivity contribution is -0.118. The van der Waals surface area contributed by atoms with Crippen LogP contribution >= 0.6 is 23.1 Å². The number of nitrogens with one attached hydrogen (secondary N) is 2. The van der Waals surface area contributed by atoms with Crippen LogP contribution in [0.4, 0.5) is 4.39 Å². The van der Waals surface area contributed by atoms with Crippen molar-refractivity contribution in [3.8, 4) is 0 Å². The summed E-state index contributed by atoms with van der Waals surface area (Å²) in [5.41, 5.74) is 1.85. The lowest BCUT2D eigenvalue weighted by Crippen LogP contribution is -2.24. The molecule has 5 nitrogen and oxygen atoms in total. The molecule has 2 aromatic heterocycles. The molecule has 3 rings (SSSR count). The molecule has 30 heavy (non-hydrogen) atoms. The van der Waals surface area contributed by atoms with Gasteiger partial charge in [0.1, 0.15) is 16.5 Å². The number of carbonyl (C=O) groups is 1. The van der Waals surface area contributed by atoms with Crippen LogP contribution in [0.15, 0.2) is 29.1 Å². The molecule has 0 fully saturated rings. The lowest BCUT2D eigenvalue weighted by atomic mass is 9.98. The van der Waals surface area contributed by atoms with Gasteiger partial charge in [-0.2, -0.15) is 0 Å². The zero-order chi connectivity index (χ0) is 21.7. The smallest absolute Gasteiger partial charge is 0.259 e.